The van der Waals surface area contributed by atoms with Gasteiger partial charge in [-0.1, -0.05) is 23.2 Å². The third kappa shape index (κ3) is 2.07. The summed E-state index contributed by atoms with van der Waals surface area (Å²) < 4.78 is 0. The van der Waals surface area contributed by atoms with Crippen molar-refractivity contribution in [3.63, 3.8) is 0 Å². The lowest BCUT2D eigenvalue weighted by Gasteiger charge is -1.98. The molecule has 0 aromatic heterocycles. The summed E-state index contributed by atoms with van der Waals surface area (Å²) >= 11 is 11.3. The Balaban J connectivity index is 3.38. The Morgan fingerprint density at radius 3 is 2.23 bits per heavy atom. The molecular weight excluding hydrogens is 211 g/mol. The van der Waals surface area contributed by atoms with Gasteiger partial charge >= 0.3 is 0 Å². The quantitative estimate of drug-likeness (QED) is 0.531. The van der Waals surface area contributed by atoms with E-state index >= 15 is 0 Å². The van der Waals surface area contributed by atoms with E-state index < -0.39 is 0 Å². The van der Waals surface area contributed by atoms with Crippen molar-refractivity contribution in [2.24, 2.45) is 4.99 Å². The number of halogens is 2. The molecule has 0 saturated heterocycles. The Morgan fingerprint density at radius 2 is 1.85 bits per heavy atom. The molecule has 3 nitrogen and oxygen atoms in total. The maximum absolute atomic E-state index is 9.91. The first kappa shape index (κ1) is 9.76. The molecule has 0 spiro atoms. The molecule has 1 aromatic rings. The smallest absolute Gasteiger partial charge is 0.211 e. The van der Waals surface area contributed by atoms with Gasteiger partial charge in [-0.15, -0.1) is 0 Å². The van der Waals surface area contributed by atoms with Gasteiger partial charge in [0, 0.05) is 0 Å². The third-order valence-corrected chi connectivity index (χ3v) is 1.91. The van der Waals surface area contributed by atoms with Gasteiger partial charge in [-0.25, -0.2) is 4.79 Å². The number of hydrogen-bond donors (Lipinski definition) is 0. The van der Waals surface area contributed by atoms with Gasteiger partial charge < -0.3 is 0 Å². The number of rotatable bonds is 1. The van der Waals surface area contributed by atoms with E-state index in [0.29, 0.717) is 0 Å². The fourth-order valence-corrected chi connectivity index (χ4v) is 1.34. The summed E-state index contributed by atoms with van der Waals surface area (Å²) in [6, 6.07) is 4.57. The molecule has 0 fully saturated rings. The second kappa shape index (κ2) is 4.06. The van der Waals surface area contributed by atoms with E-state index in [1.807, 2.05) is 6.07 Å². The van der Waals surface area contributed by atoms with Crippen LogP contribution in [0.3, 0.4) is 0 Å². The Kier molecular flexibility index (Phi) is 3.05. The molecule has 0 heterocycles. The Hall–Kier alpha value is -1.33. The molecule has 0 N–H and O–H groups in total. The summed E-state index contributed by atoms with van der Waals surface area (Å²) in [4.78, 5) is 13.2. The summed E-state index contributed by atoms with van der Waals surface area (Å²) in [7, 11) is 0. The van der Waals surface area contributed by atoms with Crippen LogP contribution in [-0.2, 0) is 4.79 Å². The minimum Gasteiger partial charge on any atom is -0.211 e. The van der Waals surface area contributed by atoms with E-state index in [9.17, 15) is 4.79 Å². The van der Waals surface area contributed by atoms with Crippen LogP contribution in [0.25, 0.3) is 0 Å². The number of nitriles is 1. The van der Waals surface area contributed by atoms with E-state index in [0.717, 1.165) is 0 Å². The Morgan fingerprint density at radius 1 is 1.31 bits per heavy atom. The highest BCUT2D eigenvalue weighted by molar-refractivity contribution is 6.37. The molecule has 13 heavy (non-hydrogen) atoms. The molecule has 0 aliphatic rings. The van der Waals surface area contributed by atoms with Crippen molar-refractivity contribution < 1.29 is 4.79 Å². The fourth-order valence-electron chi connectivity index (χ4n) is 0.784. The maximum atomic E-state index is 9.91. The van der Waals surface area contributed by atoms with Crippen LogP contribution in [0, 0.1) is 11.3 Å². The lowest BCUT2D eigenvalue weighted by atomic mass is 10.2. The largest absolute Gasteiger partial charge is 0.240 e. The van der Waals surface area contributed by atoms with E-state index in [-0.39, 0.29) is 21.3 Å². The van der Waals surface area contributed by atoms with Gasteiger partial charge in [-0.2, -0.15) is 10.3 Å². The highest BCUT2D eigenvalue weighted by Crippen LogP contribution is 2.29. The molecule has 0 bridgehead atoms. The Labute approximate surface area is 84.2 Å². The third-order valence-electron chi connectivity index (χ3n) is 1.31. The normalized spacial score (nSPS) is 8.69. The maximum Gasteiger partial charge on any atom is 0.240 e. The highest BCUT2D eigenvalue weighted by atomic mass is 35.5. The van der Waals surface area contributed by atoms with Crippen LogP contribution in [-0.4, -0.2) is 6.08 Å². The lowest BCUT2D eigenvalue weighted by molar-refractivity contribution is 0.565. The molecule has 1 aromatic carbocycles. The van der Waals surface area contributed by atoms with Crippen LogP contribution in [0.5, 0.6) is 0 Å². The van der Waals surface area contributed by atoms with E-state index in [1.165, 1.54) is 18.2 Å². The molecule has 1 rings (SSSR count). The van der Waals surface area contributed by atoms with Gasteiger partial charge in [0.2, 0.25) is 6.08 Å². The van der Waals surface area contributed by atoms with Crippen molar-refractivity contribution in [1.82, 2.24) is 0 Å². The number of aliphatic imine (C=N–C) groups is 1. The number of isocyanates is 1. The van der Waals surface area contributed by atoms with E-state index in [1.54, 1.807) is 0 Å². The summed E-state index contributed by atoms with van der Waals surface area (Å²) in [6.07, 6.45) is 1.35. The lowest BCUT2D eigenvalue weighted by Crippen LogP contribution is -1.78. The zero-order valence-corrected chi connectivity index (χ0v) is 7.73. The van der Waals surface area contributed by atoms with Crippen molar-refractivity contribution in [3.8, 4) is 6.07 Å². The molecule has 0 aliphatic heterocycles. The van der Waals surface area contributed by atoms with Crippen molar-refractivity contribution in [3.05, 3.63) is 27.7 Å². The van der Waals surface area contributed by atoms with Gasteiger partial charge in [0.15, 0.2) is 0 Å². The van der Waals surface area contributed by atoms with Crippen LogP contribution in [0.15, 0.2) is 17.1 Å². The SMILES string of the molecule is N#Cc1c(Cl)cc(N=C=O)cc1Cl. The van der Waals surface area contributed by atoms with E-state index in [4.69, 9.17) is 28.5 Å². The Bertz CT molecular complexity index is 407. The summed E-state index contributed by atoms with van der Waals surface area (Å²) in [6.45, 7) is 0. The molecule has 0 aliphatic carbocycles. The van der Waals surface area contributed by atoms with Crippen molar-refractivity contribution >= 4 is 35.0 Å². The molecular formula is C8H2Cl2N2O. The second-order valence-electron chi connectivity index (χ2n) is 2.10. The number of hydrogen-bond acceptors (Lipinski definition) is 3. The molecule has 0 amide bonds. The molecule has 0 saturated carbocycles. The van der Waals surface area contributed by atoms with Gasteiger partial charge in [0.05, 0.1) is 21.3 Å². The predicted molar refractivity (Wildman–Crippen MR) is 49.0 cm³/mol. The summed E-state index contributed by atoms with van der Waals surface area (Å²) in [5.41, 5.74) is 0.456. The molecule has 0 atom stereocenters. The average Bonchev–Trinajstić information content (AvgIpc) is 2.04. The molecule has 5 heteroatoms. The van der Waals surface area contributed by atoms with Gasteiger partial charge in [0.25, 0.3) is 0 Å². The van der Waals surface area contributed by atoms with Crippen molar-refractivity contribution in [1.29, 1.82) is 5.26 Å². The van der Waals surface area contributed by atoms with Gasteiger partial charge in [0.1, 0.15) is 6.07 Å². The summed E-state index contributed by atoms with van der Waals surface area (Å²) in [5, 5.41) is 8.93. The first-order valence-corrected chi connectivity index (χ1v) is 3.91. The van der Waals surface area contributed by atoms with Gasteiger partial charge in [-0.05, 0) is 12.1 Å². The van der Waals surface area contributed by atoms with Crippen LogP contribution < -0.4 is 0 Å². The topological polar surface area (TPSA) is 53.2 Å². The highest BCUT2D eigenvalue weighted by Gasteiger charge is 2.06. The number of benzene rings is 1. The summed E-state index contributed by atoms with van der Waals surface area (Å²) in [5.74, 6) is 0. The standard InChI is InChI=1S/C8H2Cl2N2O/c9-7-1-5(12-4-13)2-8(10)6(7)3-11/h1-2H. The molecule has 64 valence electrons. The number of carbonyl (C=O) groups excluding carboxylic acids is 1. The van der Waals surface area contributed by atoms with Crippen molar-refractivity contribution in [2.45, 2.75) is 0 Å². The predicted octanol–water partition coefficient (Wildman–Crippen LogP) is 2.83. The van der Waals surface area contributed by atoms with Crippen LogP contribution in [0.2, 0.25) is 10.0 Å². The molecule has 0 unspecified atom stereocenters. The average molecular weight is 213 g/mol. The minimum absolute atomic E-state index is 0.170. The second-order valence-corrected chi connectivity index (χ2v) is 2.91. The van der Waals surface area contributed by atoms with Crippen LogP contribution in [0.1, 0.15) is 5.56 Å². The molecule has 0 radical (unpaired) electrons. The zero-order chi connectivity index (χ0) is 9.84. The minimum atomic E-state index is 0.170. The number of nitrogens with zero attached hydrogens (tertiary/aromatic N) is 2. The fraction of sp³-hybridized carbons (Fsp3) is 0. The van der Waals surface area contributed by atoms with Crippen LogP contribution >= 0.6 is 23.2 Å². The monoisotopic (exact) mass is 212 g/mol. The van der Waals surface area contributed by atoms with Crippen LogP contribution in [0.4, 0.5) is 5.69 Å². The van der Waals surface area contributed by atoms with Gasteiger partial charge in [-0.3, -0.25) is 0 Å². The first-order chi connectivity index (χ1) is 6.19. The zero-order valence-electron chi connectivity index (χ0n) is 6.21. The first-order valence-electron chi connectivity index (χ1n) is 3.16. The van der Waals surface area contributed by atoms with Crippen molar-refractivity contribution in [2.75, 3.05) is 0 Å². The van der Waals surface area contributed by atoms with E-state index in [2.05, 4.69) is 4.99 Å².